The van der Waals surface area contributed by atoms with Crippen molar-refractivity contribution in [3.8, 4) is 0 Å². The highest BCUT2D eigenvalue weighted by Crippen LogP contribution is 2.46. The summed E-state index contributed by atoms with van der Waals surface area (Å²) in [5, 5.41) is 3.30. The minimum atomic E-state index is -0.309. The number of piperazine rings is 1. The number of hydrogen-bond acceptors (Lipinski definition) is 7. The summed E-state index contributed by atoms with van der Waals surface area (Å²) >= 11 is 0. The van der Waals surface area contributed by atoms with Gasteiger partial charge >= 0.3 is 6.03 Å². The molecule has 10 nitrogen and oxygen atoms in total. The Morgan fingerprint density at radius 2 is 1.67 bits per heavy atom. The third-order valence-electron chi connectivity index (χ3n) is 8.25. The maximum absolute atomic E-state index is 13.0. The number of aromatic nitrogens is 2. The number of nitrogens with two attached hydrogens (primary N) is 1. The van der Waals surface area contributed by atoms with Crippen LogP contribution in [0.4, 0.5) is 16.4 Å². The molecule has 3 amide bonds. The SMILES string of the molecule is CN(C)[C@]1(c2ccccc2)CC[C@]2(CC1)CN(c1cnc(N3CCN(CC(N)=O)CC3)nc1)C(=O)N2. The molecule has 3 heterocycles. The van der Waals surface area contributed by atoms with Gasteiger partial charge in [-0.25, -0.2) is 14.8 Å². The molecule has 3 aliphatic rings. The first-order valence-electron chi connectivity index (χ1n) is 12.7. The monoisotopic (exact) mass is 492 g/mol. The van der Waals surface area contributed by atoms with Gasteiger partial charge in [0.05, 0.1) is 36.7 Å². The Balaban J connectivity index is 1.23. The van der Waals surface area contributed by atoms with E-state index in [-0.39, 0.29) is 29.6 Å². The van der Waals surface area contributed by atoms with E-state index in [4.69, 9.17) is 5.73 Å². The minimum Gasteiger partial charge on any atom is -0.369 e. The molecule has 0 atom stereocenters. The topological polar surface area (TPSA) is 111 Å². The predicted octanol–water partition coefficient (Wildman–Crippen LogP) is 1.38. The van der Waals surface area contributed by atoms with Gasteiger partial charge in [-0.15, -0.1) is 0 Å². The second kappa shape index (κ2) is 9.67. The molecule has 0 bridgehead atoms. The lowest BCUT2D eigenvalue weighted by Gasteiger charge is -2.48. The summed E-state index contributed by atoms with van der Waals surface area (Å²) in [6.07, 6.45) is 7.28. The first-order valence-corrected chi connectivity index (χ1v) is 12.7. The molecule has 1 aromatic heterocycles. The molecule has 3 N–H and O–H groups in total. The van der Waals surface area contributed by atoms with Crippen LogP contribution in [0.5, 0.6) is 0 Å². The Labute approximate surface area is 212 Å². The zero-order valence-electron chi connectivity index (χ0n) is 21.2. The van der Waals surface area contributed by atoms with Crippen LogP contribution in [0.25, 0.3) is 0 Å². The van der Waals surface area contributed by atoms with E-state index in [9.17, 15) is 9.59 Å². The molecule has 192 valence electrons. The number of amides is 3. The second-order valence-corrected chi connectivity index (χ2v) is 10.6. The molecule has 1 aliphatic carbocycles. The van der Waals surface area contributed by atoms with E-state index in [1.165, 1.54) is 5.56 Å². The number of urea groups is 1. The van der Waals surface area contributed by atoms with Gasteiger partial charge in [-0.3, -0.25) is 19.5 Å². The Morgan fingerprint density at radius 1 is 1.03 bits per heavy atom. The highest BCUT2D eigenvalue weighted by Gasteiger charge is 2.50. The normalized spacial score (nSPS) is 27.0. The lowest BCUT2D eigenvalue weighted by molar-refractivity contribution is -0.119. The van der Waals surface area contributed by atoms with Gasteiger partial charge in [-0.05, 0) is 45.3 Å². The largest absolute Gasteiger partial charge is 0.369 e. The number of primary amides is 1. The molecule has 0 unspecified atom stereocenters. The zero-order valence-corrected chi connectivity index (χ0v) is 21.2. The second-order valence-electron chi connectivity index (χ2n) is 10.6. The van der Waals surface area contributed by atoms with Gasteiger partial charge in [-0.1, -0.05) is 30.3 Å². The molecule has 1 saturated carbocycles. The first-order chi connectivity index (χ1) is 17.3. The number of carbonyl (C=O) groups excluding carboxylic acids is 2. The molecule has 2 aromatic rings. The molecule has 1 aromatic carbocycles. The maximum atomic E-state index is 13.0. The first kappa shape index (κ1) is 24.5. The van der Waals surface area contributed by atoms with Gasteiger partial charge in [-0.2, -0.15) is 0 Å². The van der Waals surface area contributed by atoms with Crippen LogP contribution >= 0.6 is 0 Å². The quantitative estimate of drug-likeness (QED) is 0.627. The average Bonchev–Trinajstić information content (AvgIpc) is 3.21. The zero-order chi connectivity index (χ0) is 25.3. The van der Waals surface area contributed by atoms with Crippen molar-refractivity contribution in [2.45, 2.75) is 36.8 Å². The summed E-state index contributed by atoms with van der Waals surface area (Å²) in [5.41, 5.74) is 7.10. The van der Waals surface area contributed by atoms with Gasteiger partial charge in [0.15, 0.2) is 0 Å². The smallest absolute Gasteiger partial charge is 0.322 e. The van der Waals surface area contributed by atoms with Gasteiger partial charge in [0.25, 0.3) is 0 Å². The van der Waals surface area contributed by atoms with E-state index in [1.807, 2.05) is 4.90 Å². The molecule has 2 saturated heterocycles. The number of benzene rings is 1. The van der Waals surface area contributed by atoms with Gasteiger partial charge < -0.3 is 16.0 Å². The van der Waals surface area contributed by atoms with Crippen LogP contribution in [0.15, 0.2) is 42.7 Å². The van der Waals surface area contributed by atoms with Gasteiger partial charge in [0.1, 0.15) is 0 Å². The highest BCUT2D eigenvalue weighted by atomic mass is 16.2. The number of carbonyl (C=O) groups is 2. The third-order valence-corrected chi connectivity index (χ3v) is 8.25. The molecule has 5 rings (SSSR count). The summed E-state index contributed by atoms with van der Waals surface area (Å²) in [4.78, 5) is 41.5. The Kier molecular flexibility index (Phi) is 6.57. The van der Waals surface area contributed by atoms with Crippen molar-refractivity contribution in [3.05, 3.63) is 48.3 Å². The van der Waals surface area contributed by atoms with Crippen LogP contribution in [0.1, 0.15) is 31.2 Å². The van der Waals surface area contributed by atoms with E-state index in [1.54, 1.807) is 17.3 Å². The number of anilines is 2. The average molecular weight is 493 g/mol. The van der Waals surface area contributed by atoms with Crippen molar-refractivity contribution in [3.63, 3.8) is 0 Å². The van der Waals surface area contributed by atoms with E-state index in [0.717, 1.165) is 51.9 Å². The van der Waals surface area contributed by atoms with E-state index in [2.05, 4.69) is 69.5 Å². The van der Waals surface area contributed by atoms with Crippen LogP contribution in [-0.4, -0.2) is 90.6 Å². The molecule has 3 fully saturated rings. The summed E-state index contributed by atoms with van der Waals surface area (Å²) in [7, 11) is 4.31. The fraction of sp³-hybridized carbons (Fsp3) is 0.538. The summed E-state index contributed by atoms with van der Waals surface area (Å²) < 4.78 is 0. The van der Waals surface area contributed by atoms with Crippen molar-refractivity contribution in [2.75, 3.05) is 63.2 Å². The summed E-state index contributed by atoms with van der Waals surface area (Å²) in [6, 6.07) is 10.6. The number of rotatable bonds is 6. The number of nitrogens with zero attached hydrogens (tertiary/aromatic N) is 6. The fourth-order valence-electron chi connectivity index (χ4n) is 6.03. The molecule has 10 heteroatoms. The summed E-state index contributed by atoms with van der Waals surface area (Å²) in [5.74, 6) is 0.333. The lowest BCUT2D eigenvalue weighted by atomic mass is 9.69. The minimum absolute atomic E-state index is 0.0170. The third kappa shape index (κ3) is 4.62. The highest BCUT2D eigenvalue weighted by molar-refractivity contribution is 5.95. The Morgan fingerprint density at radius 3 is 2.25 bits per heavy atom. The van der Waals surface area contributed by atoms with Gasteiger partial charge in [0.2, 0.25) is 11.9 Å². The maximum Gasteiger partial charge on any atom is 0.322 e. The standard InChI is InChI=1S/C26H36N8O2/c1-31(2)26(20-6-4-3-5-7-20)10-8-25(9-11-26)19-34(24(36)30-25)21-16-28-23(29-17-21)33-14-12-32(13-15-33)18-22(27)35/h3-7,16-17H,8-15,18-19H2,1-2H3,(H2,27,35)(H,30,36)/t25-,26+. The molecule has 0 radical (unpaired) electrons. The molecule has 2 aliphatic heterocycles. The van der Waals surface area contributed by atoms with Crippen molar-refractivity contribution < 1.29 is 9.59 Å². The molecule has 36 heavy (non-hydrogen) atoms. The lowest BCUT2D eigenvalue weighted by Crippen LogP contribution is -2.54. The van der Waals surface area contributed by atoms with Crippen LogP contribution < -0.4 is 20.9 Å². The van der Waals surface area contributed by atoms with E-state index in [0.29, 0.717) is 18.2 Å². The van der Waals surface area contributed by atoms with Crippen LogP contribution in [0.3, 0.4) is 0 Å². The van der Waals surface area contributed by atoms with E-state index < -0.39 is 0 Å². The van der Waals surface area contributed by atoms with Crippen LogP contribution in [0.2, 0.25) is 0 Å². The Hall–Kier alpha value is -3.24. The fourth-order valence-corrected chi connectivity index (χ4v) is 6.03. The van der Waals surface area contributed by atoms with Gasteiger partial charge in [0, 0.05) is 31.7 Å². The number of nitrogens with one attached hydrogen (secondary N) is 1. The van der Waals surface area contributed by atoms with E-state index >= 15 is 0 Å². The van der Waals surface area contributed by atoms with Crippen LogP contribution in [0, 0.1) is 0 Å². The Bertz CT molecular complexity index is 1070. The van der Waals surface area contributed by atoms with Crippen molar-refractivity contribution >= 4 is 23.6 Å². The van der Waals surface area contributed by atoms with Crippen molar-refractivity contribution in [1.29, 1.82) is 0 Å². The summed E-state index contributed by atoms with van der Waals surface area (Å²) in [6.45, 7) is 3.84. The van der Waals surface area contributed by atoms with Crippen LogP contribution in [-0.2, 0) is 10.3 Å². The number of hydrogen-bond donors (Lipinski definition) is 2. The molecule has 1 spiro atoms. The van der Waals surface area contributed by atoms with Crippen molar-refractivity contribution in [2.24, 2.45) is 5.73 Å². The van der Waals surface area contributed by atoms with Crippen molar-refractivity contribution in [1.82, 2.24) is 25.1 Å². The molecular formula is C26H36N8O2. The predicted molar refractivity (Wildman–Crippen MR) is 139 cm³/mol. The molecular weight excluding hydrogens is 456 g/mol.